The fourth-order valence-corrected chi connectivity index (χ4v) is 3.73. The van der Waals surface area contributed by atoms with Crippen molar-refractivity contribution in [3.63, 3.8) is 0 Å². The van der Waals surface area contributed by atoms with Crippen LogP contribution >= 0.6 is 0 Å². The van der Waals surface area contributed by atoms with Crippen molar-refractivity contribution in [3.05, 3.63) is 57.4 Å². The van der Waals surface area contributed by atoms with Gasteiger partial charge in [0.2, 0.25) is 5.78 Å². The Labute approximate surface area is 168 Å². The van der Waals surface area contributed by atoms with E-state index < -0.39 is 12.1 Å². The largest absolute Gasteiger partial charge is 0.453 e. The summed E-state index contributed by atoms with van der Waals surface area (Å²) >= 11 is 0. The van der Waals surface area contributed by atoms with Crippen LogP contribution in [0.3, 0.4) is 0 Å². The molecule has 0 saturated heterocycles. The number of aromatic nitrogens is 3. The van der Waals surface area contributed by atoms with Gasteiger partial charge in [-0.05, 0) is 53.2 Å². The number of rotatable bonds is 6. The van der Waals surface area contributed by atoms with Gasteiger partial charge < -0.3 is 19.4 Å². The zero-order valence-electron chi connectivity index (χ0n) is 17.4. The van der Waals surface area contributed by atoms with Gasteiger partial charge in [0.1, 0.15) is 11.5 Å². The molecule has 3 rings (SSSR count). The molecule has 0 bridgehead atoms. The van der Waals surface area contributed by atoms with Crippen LogP contribution in [0.2, 0.25) is 0 Å². The molecule has 154 valence electrons. The van der Waals surface area contributed by atoms with Crippen molar-refractivity contribution in [2.24, 2.45) is 0 Å². The van der Waals surface area contributed by atoms with Crippen molar-refractivity contribution >= 4 is 11.8 Å². The van der Waals surface area contributed by atoms with Crippen LogP contribution in [0.4, 0.5) is 0 Å². The molecule has 1 atom stereocenters. The van der Waals surface area contributed by atoms with Crippen LogP contribution in [0, 0.1) is 34.6 Å². The van der Waals surface area contributed by atoms with Gasteiger partial charge in [-0.2, -0.15) is 0 Å². The van der Waals surface area contributed by atoms with Crippen molar-refractivity contribution in [1.82, 2.24) is 14.7 Å². The number of hydrogen-bond acceptors (Lipinski definition) is 6. The molecule has 0 aromatic carbocycles. The molecule has 8 heteroatoms. The standard InChI is InChI=1S/C21H25N3O5/c1-10-7-16(14(5)24(10)18-8-11(2)29-23-18)17(26)9-28-21(27)20-12(3)19(15(6)25)13(4)22-20/h7-8,15,22,25H,9H2,1-6H3/t15-/m0/s1. The zero-order valence-corrected chi connectivity index (χ0v) is 17.4. The third kappa shape index (κ3) is 3.75. The summed E-state index contributed by atoms with van der Waals surface area (Å²) in [6.07, 6.45) is -0.708. The molecule has 3 aromatic rings. The van der Waals surface area contributed by atoms with E-state index in [2.05, 4.69) is 10.1 Å². The molecule has 0 aliphatic heterocycles. The first-order valence-electron chi connectivity index (χ1n) is 9.31. The van der Waals surface area contributed by atoms with E-state index in [-0.39, 0.29) is 18.1 Å². The number of Topliss-reactive ketones (excluding diaryl/α,β-unsaturated/α-hetero) is 1. The number of carbonyl (C=O) groups is 2. The summed E-state index contributed by atoms with van der Waals surface area (Å²) in [5, 5.41) is 13.9. The number of ether oxygens (including phenoxy) is 1. The maximum absolute atomic E-state index is 12.7. The number of aliphatic hydroxyl groups is 1. The SMILES string of the molecule is Cc1cc(-n2c(C)cc(C(=O)COC(=O)c3[nH]c(C)c([C@H](C)O)c3C)c2C)no1. The van der Waals surface area contributed by atoms with E-state index in [9.17, 15) is 14.7 Å². The predicted octanol–water partition coefficient (Wildman–Crippen LogP) is 3.43. The van der Waals surface area contributed by atoms with Crippen molar-refractivity contribution < 1.29 is 24.0 Å². The second-order valence-corrected chi connectivity index (χ2v) is 7.25. The Balaban J connectivity index is 1.77. The number of esters is 1. The van der Waals surface area contributed by atoms with E-state index in [0.717, 1.165) is 5.69 Å². The van der Waals surface area contributed by atoms with Crippen molar-refractivity contribution in [1.29, 1.82) is 0 Å². The van der Waals surface area contributed by atoms with Gasteiger partial charge in [-0.25, -0.2) is 4.79 Å². The number of nitrogens with zero attached hydrogens (tertiary/aromatic N) is 2. The number of carbonyl (C=O) groups excluding carboxylic acids is 2. The Hall–Kier alpha value is -3.13. The first kappa shape index (κ1) is 20.6. The molecular weight excluding hydrogens is 374 g/mol. The Morgan fingerprint density at radius 1 is 1.24 bits per heavy atom. The fraction of sp³-hybridized carbons (Fsp3) is 0.381. The number of nitrogens with one attached hydrogen (secondary N) is 1. The van der Waals surface area contributed by atoms with Crippen molar-refractivity contribution in [2.75, 3.05) is 6.61 Å². The summed E-state index contributed by atoms with van der Waals surface area (Å²) in [5.74, 6) is 0.320. The molecule has 3 aromatic heterocycles. The van der Waals surface area contributed by atoms with Gasteiger partial charge in [0, 0.05) is 34.3 Å². The molecule has 8 nitrogen and oxygen atoms in total. The number of ketones is 1. The number of aryl methyl sites for hydroxylation is 3. The van der Waals surface area contributed by atoms with E-state index in [0.29, 0.717) is 39.7 Å². The lowest BCUT2D eigenvalue weighted by atomic mass is 10.1. The number of hydrogen-bond donors (Lipinski definition) is 2. The Kier molecular flexibility index (Phi) is 5.48. The van der Waals surface area contributed by atoms with Gasteiger partial charge in [0.25, 0.3) is 0 Å². The van der Waals surface area contributed by atoms with E-state index in [1.807, 2.05) is 11.5 Å². The predicted molar refractivity (Wildman–Crippen MR) is 106 cm³/mol. The Morgan fingerprint density at radius 2 is 1.93 bits per heavy atom. The number of H-pyrrole nitrogens is 1. The third-order valence-electron chi connectivity index (χ3n) is 5.03. The summed E-state index contributed by atoms with van der Waals surface area (Å²) in [6.45, 7) is 10.2. The van der Waals surface area contributed by atoms with Gasteiger partial charge >= 0.3 is 5.97 Å². The van der Waals surface area contributed by atoms with Gasteiger partial charge in [0.05, 0.1) is 6.10 Å². The maximum Gasteiger partial charge on any atom is 0.355 e. The second kappa shape index (κ2) is 7.71. The fourth-order valence-electron chi connectivity index (χ4n) is 3.73. The average Bonchev–Trinajstić information content (AvgIpc) is 3.28. The third-order valence-corrected chi connectivity index (χ3v) is 5.03. The van der Waals surface area contributed by atoms with E-state index in [4.69, 9.17) is 9.26 Å². The molecule has 3 heterocycles. The van der Waals surface area contributed by atoms with Crippen LogP contribution in [0.25, 0.3) is 5.82 Å². The number of aliphatic hydroxyl groups excluding tert-OH is 1. The molecule has 0 aliphatic carbocycles. The van der Waals surface area contributed by atoms with Crippen LogP contribution < -0.4 is 0 Å². The first-order valence-corrected chi connectivity index (χ1v) is 9.31. The Morgan fingerprint density at radius 3 is 2.48 bits per heavy atom. The van der Waals surface area contributed by atoms with Gasteiger partial charge in [-0.3, -0.25) is 9.36 Å². The van der Waals surface area contributed by atoms with E-state index in [1.165, 1.54) is 0 Å². The molecule has 2 N–H and O–H groups in total. The minimum Gasteiger partial charge on any atom is -0.453 e. The lowest BCUT2D eigenvalue weighted by Gasteiger charge is -2.07. The normalized spacial score (nSPS) is 12.2. The lowest BCUT2D eigenvalue weighted by molar-refractivity contribution is 0.0468. The van der Waals surface area contributed by atoms with Crippen LogP contribution in [-0.2, 0) is 4.74 Å². The topological polar surface area (TPSA) is 110 Å². The van der Waals surface area contributed by atoms with E-state index >= 15 is 0 Å². The van der Waals surface area contributed by atoms with E-state index in [1.54, 1.807) is 46.8 Å². The zero-order chi connectivity index (χ0) is 21.5. The minimum atomic E-state index is -0.708. The maximum atomic E-state index is 12.7. The highest BCUT2D eigenvalue weighted by Crippen LogP contribution is 2.25. The van der Waals surface area contributed by atoms with Crippen LogP contribution in [0.15, 0.2) is 16.7 Å². The lowest BCUT2D eigenvalue weighted by Crippen LogP contribution is -2.16. The second-order valence-electron chi connectivity index (χ2n) is 7.25. The van der Waals surface area contributed by atoms with Gasteiger partial charge in [-0.15, -0.1) is 0 Å². The molecule has 0 saturated carbocycles. The first-order chi connectivity index (χ1) is 13.6. The molecule has 0 radical (unpaired) electrons. The Bertz CT molecular complexity index is 1080. The minimum absolute atomic E-state index is 0.245. The van der Waals surface area contributed by atoms with Crippen molar-refractivity contribution in [2.45, 2.75) is 47.6 Å². The summed E-state index contributed by atoms with van der Waals surface area (Å²) < 4.78 is 12.2. The van der Waals surface area contributed by atoms with Crippen LogP contribution in [0.5, 0.6) is 0 Å². The van der Waals surface area contributed by atoms with Crippen LogP contribution in [0.1, 0.15) is 67.8 Å². The molecule has 0 unspecified atom stereocenters. The highest BCUT2D eigenvalue weighted by molar-refractivity contribution is 6.00. The molecule has 0 amide bonds. The highest BCUT2D eigenvalue weighted by Gasteiger charge is 2.23. The molecule has 0 spiro atoms. The van der Waals surface area contributed by atoms with Gasteiger partial charge in [0.15, 0.2) is 12.4 Å². The molecule has 29 heavy (non-hydrogen) atoms. The molecule has 0 aliphatic rings. The highest BCUT2D eigenvalue weighted by atomic mass is 16.5. The van der Waals surface area contributed by atoms with Gasteiger partial charge in [-0.1, -0.05) is 5.16 Å². The monoisotopic (exact) mass is 399 g/mol. The number of aromatic amines is 1. The summed E-state index contributed by atoms with van der Waals surface area (Å²) in [5.41, 5.74) is 4.20. The molecule has 0 fully saturated rings. The summed E-state index contributed by atoms with van der Waals surface area (Å²) in [7, 11) is 0. The molecular formula is C21H25N3O5. The van der Waals surface area contributed by atoms with Crippen LogP contribution in [-0.4, -0.2) is 38.2 Å². The summed E-state index contributed by atoms with van der Waals surface area (Å²) in [6, 6.07) is 3.52. The quantitative estimate of drug-likeness (QED) is 0.485. The summed E-state index contributed by atoms with van der Waals surface area (Å²) in [4.78, 5) is 28.1. The smallest absolute Gasteiger partial charge is 0.355 e. The average molecular weight is 399 g/mol. The van der Waals surface area contributed by atoms with Crippen molar-refractivity contribution in [3.8, 4) is 5.82 Å².